The molecule has 1 saturated heterocycles. The maximum Gasteiger partial charge on any atom is 0.189 e. The van der Waals surface area contributed by atoms with E-state index in [0.717, 1.165) is 6.61 Å². The fourth-order valence-electron chi connectivity index (χ4n) is 0.699. The molecule has 4 atom stereocenters. The minimum atomic E-state index is -1.86. The van der Waals surface area contributed by atoms with Crippen molar-refractivity contribution < 1.29 is 35.1 Å². The lowest BCUT2D eigenvalue weighted by Crippen LogP contribution is -2.44. The minimum Gasteiger partial charge on any atom is -0.394 e. The Kier molecular flexibility index (Phi) is 7.39. The van der Waals surface area contributed by atoms with Gasteiger partial charge in [-0.25, -0.2) is 0 Å². The van der Waals surface area contributed by atoms with Gasteiger partial charge in [-0.15, -0.1) is 0 Å². The SMILES string of the molecule is CC1CO1.O=C(CO)C(O)C(O)C(O)CO. The molecule has 5 N–H and O–H groups in total. The zero-order chi connectivity index (χ0) is 12.7. The first kappa shape index (κ1) is 15.4. The summed E-state index contributed by atoms with van der Waals surface area (Å²) in [5.41, 5.74) is 0. The van der Waals surface area contributed by atoms with Crippen LogP contribution in [0.2, 0.25) is 0 Å². The summed E-state index contributed by atoms with van der Waals surface area (Å²) >= 11 is 0. The molecule has 1 heterocycles. The van der Waals surface area contributed by atoms with Gasteiger partial charge in [0.05, 0.1) is 19.3 Å². The molecule has 0 aromatic carbocycles. The van der Waals surface area contributed by atoms with E-state index in [4.69, 9.17) is 30.3 Å². The summed E-state index contributed by atoms with van der Waals surface area (Å²) in [6.07, 6.45) is -4.64. The van der Waals surface area contributed by atoms with Gasteiger partial charge >= 0.3 is 0 Å². The molecule has 7 nitrogen and oxygen atoms in total. The van der Waals surface area contributed by atoms with Crippen LogP contribution < -0.4 is 0 Å². The highest BCUT2D eigenvalue weighted by Gasteiger charge is 2.28. The molecule has 1 aliphatic heterocycles. The van der Waals surface area contributed by atoms with Gasteiger partial charge < -0.3 is 30.3 Å². The Morgan fingerprint density at radius 2 is 1.81 bits per heavy atom. The Morgan fingerprint density at radius 3 is 2.06 bits per heavy atom. The number of aliphatic hydroxyl groups is 5. The van der Waals surface area contributed by atoms with Crippen LogP contribution in [-0.4, -0.2) is 75.6 Å². The number of ether oxygens (including phenoxy) is 1. The number of Topliss-reactive ketones (excluding diaryl/α,β-unsaturated/α-hetero) is 1. The van der Waals surface area contributed by atoms with Crippen molar-refractivity contribution in [2.45, 2.75) is 31.3 Å². The van der Waals surface area contributed by atoms with Crippen LogP contribution in [0.3, 0.4) is 0 Å². The quantitative estimate of drug-likeness (QED) is 0.323. The molecule has 0 saturated carbocycles. The first-order valence-electron chi connectivity index (χ1n) is 4.84. The Balaban J connectivity index is 0.000000462. The molecule has 16 heavy (non-hydrogen) atoms. The van der Waals surface area contributed by atoms with E-state index >= 15 is 0 Å². The van der Waals surface area contributed by atoms with Gasteiger partial charge in [0.2, 0.25) is 0 Å². The standard InChI is InChI=1S/C6H12O6.C3H6O/c7-1-3(9)5(11)6(12)4(10)2-8;1-3-2-4-3/h3,5-9,11-12H,1-2H2;3H,2H2,1H3. The van der Waals surface area contributed by atoms with Gasteiger partial charge in [0, 0.05) is 0 Å². The van der Waals surface area contributed by atoms with E-state index in [-0.39, 0.29) is 0 Å². The number of epoxide rings is 1. The van der Waals surface area contributed by atoms with Crippen LogP contribution in [-0.2, 0) is 9.53 Å². The van der Waals surface area contributed by atoms with Gasteiger partial charge in [-0.05, 0) is 6.92 Å². The summed E-state index contributed by atoms with van der Waals surface area (Å²) in [7, 11) is 0. The molecule has 0 bridgehead atoms. The highest BCUT2D eigenvalue weighted by atomic mass is 16.6. The van der Waals surface area contributed by atoms with Crippen LogP contribution in [0.1, 0.15) is 6.92 Å². The van der Waals surface area contributed by atoms with Gasteiger partial charge in [-0.2, -0.15) is 0 Å². The van der Waals surface area contributed by atoms with Crippen molar-refractivity contribution in [2.24, 2.45) is 0 Å². The van der Waals surface area contributed by atoms with Crippen molar-refractivity contribution in [2.75, 3.05) is 19.8 Å². The summed E-state index contributed by atoms with van der Waals surface area (Å²) in [6.45, 7) is 1.35. The van der Waals surface area contributed by atoms with E-state index in [1.165, 1.54) is 0 Å². The first-order valence-corrected chi connectivity index (χ1v) is 4.84. The van der Waals surface area contributed by atoms with Gasteiger partial charge in [0.1, 0.15) is 24.9 Å². The fraction of sp³-hybridized carbons (Fsp3) is 0.889. The molecular weight excluding hydrogens is 220 g/mol. The molecule has 0 spiro atoms. The highest BCUT2D eigenvalue weighted by molar-refractivity contribution is 5.84. The second-order valence-corrected chi connectivity index (χ2v) is 3.45. The Labute approximate surface area is 92.9 Å². The Morgan fingerprint density at radius 1 is 1.38 bits per heavy atom. The summed E-state index contributed by atoms with van der Waals surface area (Å²) in [6, 6.07) is 0. The van der Waals surface area contributed by atoms with Crippen molar-refractivity contribution >= 4 is 5.78 Å². The van der Waals surface area contributed by atoms with Crippen molar-refractivity contribution in [1.29, 1.82) is 0 Å². The second-order valence-electron chi connectivity index (χ2n) is 3.45. The van der Waals surface area contributed by atoms with Gasteiger partial charge in [-0.1, -0.05) is 0 Å². The van der Waals surface area contributed by atoms with E-state index in [9.17, 15) is 4.79 Å². The summed E-state index contributed by atoms with van der Waals surface area (Å²) in [5.74, 6) is -1.00. The monoisotopic (exact) mass is 238 g/mol. The van der Waals surface area contributed by atoms with Crippen LogP contribution >= 0.6 is 0 Å². The van der Waals surface area contributed by atoms with E-state index < -0.39 is 37.3 Å². The van der Waals surface area contributed by atoms with Crippen LogP contribution in [0.15, 0.2) is 0 Å². The zero-order valence-corrected chi connectivity index (χ0v) is 8.98. The lowest BCUT2D eigenvalue weighted by Gasteiger charge is -2.19. The molecule has 1 aliphatic rings. The van der Waals surface area contributed by atoms with E-state index in [1.807, 2.05) is 0 Å². The van der Waals surface area contributed by atoms with Gasteiger partial charge in [-0.3, -0.25) is 4.79 Å². The zero-order valence-electron chi connectivity index (χ0n) is 8.98. The summed E-state index contributed by atoms with van der Waals surface area (Å²) in [5, 5.41) is 43.1. The number of aliphatic hydroxyl groups excluding tert-OH is 5. The number of hydrogen-bond donors (Lipinski definition) is 5. The van der Waals surface area contributed by atoms with Crippen LogP contribution in [0.4, 0.5) is 0 Å². The minimum absolute atomic E-state index is 0.583. The van der Waals surface area contributed by atoms with Crippen molar-refractivity contribution in [3.8, 4) is 0 Å². The Hall–Kier alpha value is -0.570. The molecule has 1 rings (SSSR count). The van der Waals surface area contributed by atoms with Crippen molar-refractivity contribution in [3.63, 3.8) is 0 Å². The molecule has 0 aromatic rings. The van der Waals surface area contributed by atoms with Crippen molar-refractivity contribution in [3.05, 3.63) is 0 Å². The van der Waals surface area contributed by atoms with Crippen molar-refractivity contribution in [1.82, 2.24) is 0 Å². The first-order chi connectivity index (χ1) is 7.43. The maximum atomic E-state index is 10.5. The number of carbonyl (C=O) groups excluding carboxylic acids is 1. The molecule has 0 aromatic heterocycles. The average Bonchev–Trinajstić information content (AvgIpc) is 3.08. The average molecular weight is 238 g/mol. The number of carbonyl (C=O) groups is 1. The predicted octanol–water partition coefficient (Wildman–Crippen LogP) is -2.97. The molecule has 0 amide bonds. The Bertz CT molecular complexity index is 204. The molecular formula is C9H18O7. The highest BCUT2D eigenvalue weighted by Crippen LogP contribution is 2.04. The number of rotatable bonds is 5. The number of hydrogen-bond acceptors (Lipinski definition) is 7. The van der Waals surface area contributed by atoms with Gasteiger partial charge in [0.25, 0.3) is 0 Å². The smallest absolute Gasteiger partial charge is 0.189 e. The van der Waals surface area contributed by atoms with Crippen LogP contribution in [0.25, 0.3) is 0 Å². The summed E-state index contributed by atoms with van der Waals surface area (Å²) < 4.78 is 4.71. The normalized spacial score (nSPS) is 23.8. The lowest BCUT2D eigenvalue weighted by molar-refractivity contribution is -0.142. The maximum absolute atomic E-state index is 10.5. The van der Waals surface area contributed by atoms with E-state index in [0.29, 0.717) is 6.10 Å². The molecule has 96 valence electrons. The molecule has 1 fully saturated rings. The lowest BCUT2D eigenvalue weighted by atomic mass is 10.1. The van der Waals surface area contributed by atoms with E-state index in [2.05, 4.69) is 6.92 Å². The van der Waals surface area contributed by atoms with Crippen LogP contribution in [0.5, 0.6) is 0 Å². The molecule has 0 aliphatic carbocycles. The largest absolute Gasteiger partial charge is 0.394 e. The third-order valence-corrected chi connectivity index (χ3v) is 1.89. The topological polar surface area (TPSA) is 131 Å². The summed E-state index contributed by atoms with van der Waals surface area (Å²) in [4.78, 5) is 10.5. The van der Waals surface area contributed by atoms with E-state index in [1.54, 1.807) is 0 Å². The molecule has 7 heteroatoms. The van der Waals surface area contributed by atoms with Gasteiger partial charge in [0.15, 0.2) is 5.78 Å². The fourth-order valence-corrected chi connectivity index (χ4v) is 0.699. The second kappa shape index (κ2) is 7.66. The molecule has 4 unspecified atom stereocenters. The third kappa shape index (κ3) is 6.11. The predicted molar refractivity (Wildman–Crippen MR) is 52.6 cm³/mol. The molecule has 0 radical (unpaired) electrons. The van der Waals surface area contributed by atoms with Crippen LogP contribution in [0, 0.1) is 0 Å². The number of ketones is 1. The third-order valence-electron chi connectivity index (χ3n) is 1.89.